The van der Waals surface area contributed by atoms with Gasteiger partial charge in [-0.1, -0.05) is 44.2 Å². The number of carbonyl (C=O) groups is 1. The zero-order chi connectivity index (χ0) is 12.9. The van der Waals surface area contributed by atoms with E-state index in [9.17, 15) is 10.1 Å². The highest BCUT2D eigenvalue weighted by Crippen LogP contribution is 2.31. The van der Waals surface area contributed by atoms with E-state index in [0.717, 1.165) is 12.0 Å². The second-order valence-corrected chi connectivity index (χ2v) is 4.87. The highest BCUT2D eigenvalue weighted by atomic mass is 16.1. The molecule has 0 saturated heterocycles. The van der Waals surface area contributed by atoms with Gasteiger partial charge in [0, 0.05) is 0 Å². The van der Waals surface area contributed by atoms with Gasteiger partial charge >= 0.3 is 0 Å². The quantitative estimate of drug-likeness (QED) is 0.775. The summed E-state index contributed by atoms with van der Waals surface area (Å²) >= 11 is 0. The molecule has 0 aromatic heterocycles. The Labute approximate surface area is 103 Å². The molecule has 2 heteroatoms. The lowest BCUT2D eigenvalue weighted by molar-refractivity contribution is -0.120. The van der Waals surface area contributed by atoms with E-state index in [0.29, 0.717) is 12.3 Å². The summed E-state index contributed by atoms with van der Waals surface area (Å²) in [4.78, 5) is 11.9. The van der Waals surface area contributed by atoms with Gasteiger partial charge in [-0.05, 0) is 31.2 Å². The first-order valence-electron chi connectivity index (χ1n) is 6.00. The summed E-state index contributed by atoms with van der Waals surface area (Å²) in [5.74, 6) is 0.428. The van der Waals surface area contributed by atoms with Crippen LogP contribution in [-0.4, -0.2) is 5.78 Å². The average Bonchev–Trinajstić information content (AvgIpc) is 2.31. The van der Waals surface area contributed by atoms with Crippen LogP contribution in [0, 0.1) is 17.2 Å². The van der Waals surface area contributed by atoms with E-state index < -0.39 is 5.41 Å². The van der Waals surface area contributed by atoms with E-state index in [4.69, 9.17) is 0 Å². The molecule has 0 radical (unpaired) electrons. The lowest BCUT2D eigenvalue weighted by atomic mass is 9.74. The predicted molar refractivity (Wildman–Crippen MR) is 68.5 cm³/mol. The molecule has 0 aliphatic heterocycles. The summed E-state index contributed by atoms with van der Waals surface area (Å²) in [6, 6.07) is 11.6. The Morgan fingerprint density at radius 3 is 2.35 bits per heavy atom. The summed E-state index contributed by atoms with van der Waals surface area (Å²) < 4.78 is 0. The average molecular weight is 229 g/mol. The summed E-state index contributed by atoms with van der Waals surface area (Å²) in [6.45, 7) is 5.72. The van der Waals surface area contributed by atoms with Gasteiger partial charge in [0.2, 0.25) is 0 Å². The Balaban J connectivity index is 3.11. The molecule has 0 heterocycles. The maximum Gasteiger partial charge on any atom is 0.154 e. The lowest BCUT2D eigenvalue weighted by Crippen LogP contribution is -2.33. The van der Waals surface area contributed by atoms with Crippen molar-refractivity contribution in [2.45, 2.75) is 39.0 Å². The van der Waals surface area contributed by atoms with Crippen LogP contribution < -0.4 is 0 Å². The number of carbonyl (C=O) groups excluding carboxylic acids is 1. The van der Waals surface area contributed by atoms with Crippen LogP contribution in [0.2, 0.25) is 0 Å². The van der Waals surface area contributed by atoms with E-state index in [-0.39, 0.29) is 5.78 Å². The molecule has 1 atom stereocenters. The molecule has 0 aliphatic carbocycles. The minimum Gasteiger partial charge on any atom is -0.298 e. The number of hydrogen-bond acceptors (Lipinski definition) is 2. The van der Waals surface area contributed by atoms with E-state index in [1.165, 1.54) is 6.92 Å². The Morgan fingerprint density at radius 2 is 1.94 bits per heavy atom. The first kappa shape index (κ1) is 13.4. The first-order valence-corrected chi connectivity index (χ1v) is 6.00. The minimum absolute atomic E-state index is 0.0631. The van der Waals surface area contributed by atoms with Crippen LogP contribution in [0.3, 0.4) is 0 Å². The fraction of sp³-hybridized carbons (Fsp3) is 0.467. The minimum atomic E-state index is -0.967. The van der Waals surface area contributed by atoms with Crippen molar-refractivity contribution in [1.82, 2.24) is 0 Å². The van der Waals surface area contributed by atoms with E-state index in [1.807, 2.05) is 30.3 Å². The third-order valence-electron chi connectivity index (χ3n) is 3.16. The Kier molecular flexibility index (Phi) is 4.45. The normalized spacial score (nSPS) is 14.1. The van der Waals surface area contributed by atoms with Gasteiger partial charge in [0.15, 0.2) is 5.78 Å². The Morgan fingerprint density at radius 1 is 1.35 bits per heavy atom. The van der Waals surface area contributed by atoms with Crippen molar-refractivity contribution in [1.29, 1.82) is 5.26 Å². The van der Waals surface area contributed by atoms with Crippen LogP contribution in [0.1, 0.15) is 39.2 Å². The zero-order valence-electron chi connectivity index (χ0n) is 10.7. The summed E-state index contributed by atoms with van der Waals surface area (Å²) in [5, 5.41) is 9.44. The molecule has 1 aromatic rings. The number of benzene rings is 1. The standard InChI is InChI=1S/C15H19NO/c1-12(2)9-10-15(11-16,13(3)17)14-7-5-4-6-8-14/h4-8,12H,9-10H2,1-3H3. The van der Waals surface area contributed by atoms with Crippen LogP contribution in [0.15, 0.2) is 30.3 Å². The maximum atomic E-state index is 11.9. The Bertz CT molecular complexity index is 416. The largest absolute Gasteiger partial charge is 0.298 e. The molecule has 0 bridgehead atoms. The molecule has 0 saturated carbocycles. The van der Waals surface area contributed by atoms with Gasteiger partial charge in [-0.15, -0.1) is 0 Å². The molecule has 1 aromatic carbocycles. The van der Waals surface area contributed by atoms with Crippen molar-refractivity contribution >= 4 is 5.78 Å². The summed E-state index contributed by atoms with van der Waals surface area (Å²) in [6.07, 6.45) is 1.47. The maximum absolute atomic E-state index is 11.9. The van der Waals surface area contributed by atoms with Gasteiger partial charge in [-0.25, -0.2) is 0 Å². The van der Waals surface area contributed by atoms with Crippen LogP contribution in [0.5, 0.6) is 0 Å². The van der Waals surface area contributed by atoms with Crippen molar-refractivity contribution in [3.05, 3.63) is 35.9 Å². The fourth-order valence-electron chi connectivity index (χ4n) is 1.95. The van der Waals surface area contributed by atoms with Gasteiger partial charge in [0.05, 0.1) is 6.07 Å². The van der Waals surface area contributed by atoms with Crippen molar-refractivity contribution in [2.24, 2.45) is 5.92 Å². The van der Waals surface area contributed by atoms with Crippen LogP contribution >= 0.6 is 0 Å². The van der Waals surface area contributed by atoms with Crippen molar-refractivity contribution in [3.63, 3.8) is 0 Å². The van der Waals surface area contributed by atoms with E-state index in [2.05, 4.69) is 19.9 Å². The Hall–Kier alpha value is -1.62. The third kappa shape index (κ3) is 2.94. The van der Waals surface area contributed by atoms with Crippen LogP contribution in [0.4, 0.5) is 0 Å². The molecule has 90 valence electrons. The number of hydrogen-bond donors (Lipinski definition) is 0. The topological polar surface area (TPSA) is 40.9 Å². The van der Waals surface area contributed by atoms with Crippen molar-refractivity contribution < 1.29 is 4.79 Å². The molecule has 0 spiro atoms. The molecular weight excluding hydrogens is 210 g/mol. The predicted octanol–water partition coefficient (Wildman–Crippen LogP) is 3.47. The van der Waals surface area contributed by atoms with Gasteiger partial charge in [-0.2, -0.15) is 5.26 Å². The molecule has 17 heavy (non-hydrogen) atoms. The van der Waals surface area contributed by atoms with E-state index >= 15 is 0 Å². The smallest absolute Gasteiger partial charge is 0.154 e. The zero-order valence-corrected chi connectivity index (χ0v) is 10.7. The van der Waals surface area contributed by atoms with Crippen molar-refractivity contribution in [2.75, 3.05) is 0 Å². The van der Waals surface area contributed by atoms with Crippen LogP contribution in [-0.2, 0) is 10.2 Å². The van der Waals surface area contributed by atoms with E-state index in [1.54, 1.807) is 0 Å². The highest BCUT2D eigenvalue weighted by Gasteiger charge is 2.37. The lowest BCUT2D eigenvalue weighted by Gasteiger charge is -2.25. The molecule has 0 N–H and O–H groups in total. The monoisotopic (exact) mass is 229 g/mol. The second-order valence-electron chi connectivity index (χ2n) is 4.87. The van der Waals surface area contributed by atoms with Gasteiger partial charge < -0.3 is 0 Å². The number of ketones is 1. The summed E-state index contributed by atoms with van der Waals surface area (Å²) in [7, 11) is 0. The first-order chi connectivity index (χ1) is 8.03. The molecule has 0 fully saturated rings. The summed E-state index contributed by atoms with van der Waals surface area (Å²) in [5.41, 5.74) is -0.151. The molecular formula is C15H19NO. The fourth-order valence-corrected chi connectivity index (χ4v) is 1.95. The molecule has 0 aliphatic rings. The second kappa shape index (κ2) is 5.63. The highest BCUT2D eigenvalue weighted by molar-refractivity contribution is 5.91. The van der Waals surface area contributed by atoms with Crippen LogP contribution in [0.25, 0.3) is 0 Å². The molecule has 1 rings (SSSR count). The molecule has 2 nitrogen and oxygen atoms in total. The van der Waals surface area contributed by atoms with Gasteiger partial charge in [0.25, 0.3) is 0 Å². The van der Waals surface area contributed by atoms with Crippen molar-refractivity contribution in [3.8, 4) is 6.07 Å². The SMILES string of the molecule is CC(=O)C(C#N)(CCC(C)C)c1ccccc1. The third-order valence-corrected chi connectivity index (χ3v) is 3.16. The molecule has 0 amide bonds. The van der Waals surface area contributed by atoms with Gasteiger partial charge in [-0.3, -0.25) is 4.79 Å². The number of rotatable bonds is 5. The number of nitrogens with zero attached hydrogens (tertiary/aromatic N) is 1. The molecule has 1 unspecified atom stereocenters. The van der Waals surface area contributed by atoms with Gasteiger partial charge in [0.1, 0.15) is 5.41 Å². The number of Topliss-reactive ketones (excluding diaryl/α,β-unsaturated/α-hetero) is 1. The number of nitriles is 1.